The van der Waals surface area contributed by atoms with Crippen LogP contribution in [0.2, 0.25) is 0 Å². The number of hydrogen-bond donors (Lipinski definition) is 0. The molecular weight excluding hydrogens is 99.5 g/mol. The van der Waals surface area contributed by atoms with Crippen molar-refractivity contribution in [2.45, 2.75) is 18.7 Å². The largest absolute Gasteiger partial charge is 0.302 e. The van der Waals surface area contributed by atoms with E-state index in [-0.39, 0.29) is 5.38 Å². The molecule has 0 aliphatic rings. The first kappa shape index (κ1) is 5.96. The van der Waals surface area contributed by atoms with Crippen LogP contribution in [0.1, 0.15) is 13.3 Å². The van der Waals surface area contributed by atoms with Gasteiger partial charge in [0.15, 0.2) is 0 Å². The number of aldehydes is 1. The second-order valence-corrected chi connectivity index (χ2v) is 1.62. The first-order valence-electron chi connectivity index (χ1n) is 1.90. The van der Waals surface area contributed by atoms with Gasteiger partial charge in [0.25, 0.3) is 0 Å². The third-order valence-electron chi connectivity index (χ3n) is 0.538. The van der Waals surface area contributed by atoms with Crippen molar-refractivity contribution >= 4 is 17.9 Å². The SMILES string of the molecule is CC[C@@H](Cl)C=O. The maximum atomic E-state index is 9.60. The molecule has 0 saturated heterocycles. The monoisotopic (exact) mass is 106 g/mol. The summed E-state index contributed by atoms with van der Waals surface area (Å²) in [6, 6.07) is 0. The third-order valence-corrected chi connectivity index (χ3v) is 0.949. The zero-order chi connectivity index (χ0) is 4.99. The summed E-state index contributed by atoms with van der Waals surface area (Å²) in [5.74, 6) is 0. The van der Waals surface area contributed by atoms with Crippen molar-refractivity contribution in [3.05, 3.63) is 0 Å². The fourth-order valence-electron chi connectivity index (χ4n) is 0.0962. The molecule has 0 heterocycles. The van der Waals surface area contributed by atoms with Crippen molar-refractivity contribution in [1.82, 2.24) is 0 Å². The fourth-order valence-corrected chi connectivity index (χ4v) is 0.0962. The molecule has 0 aromatic carbocycles. The van der Waals surface area contributed by atoms with Crippen molar-refractivity contribution in [1.29, 1.82) is 0 Å². The minimum Gasteiger partial charge on any atom is -0.302 e. The number of carbonyl (C=O) groups excluding carboxylic acids is 1. The number of rotatable bonds is 2. The molecule has 1 atom stereocenters. The van der Waals surface area contributed by atoms with Gasteiger partial charge in [-0.05, 0) is 6.42 Å². The number of alkyl halides is 1. The topological polar surface area (TPSA) is 17.1 Å². The van der Waals surface area contributed by atoms with Crippen LogP contribution in [-0.4, -0.2) is 11.7 Å². The molecule has 36 valence electrons. The lowest BCUT2D eigenvalue weighted by molar-refractivity contribution is -0.107. The van der Waals surface area contributed by atoms with Crippen LogP contribution in [0.15, 0.2) is 0 Å². The summed E-state index contributed by atoms with van der Waals surface area (Å²) >= 11 is 5.28. The Morgan fingerprint density at radius 3 is 2.50 bits per heavy atom. The predicted octanol–water partition coefficient (Wildman–Crippen LogP) is 1.20. The Kier molecular flexibility index (Phi) is 3.14. The molecule has 0 aliphatic heterocycles. The molecule has 0 rings (SSSR count). The Bertz CT molecular complexity index is 44.8. The molecule has 1 nitrogen and oxygen atoms in total. The van der Waals surface area contributed by atoms with Gasteiger partial charge >= 0.3 is 0 Å². The van der Waals surface area contributed by atoms with Crippen LogP contribution in [-0.2, 0) is 4.79 Å². The molecule has 0 bridgehead atoms. The molecule has 2 heteroatoms. The molecule has 0 unspecified atom stereocenters. The van der Waals surface area contributed by atoms with E-state index in [1.807, 2.05) is 6.92 Å². The lowest BCUT2D eigenvalue weighted by atomic mass is 10.4. The molecule has 0 saturated carbocycles. The molecule has 6 heavy (non-hydrogen) atoms. The van der Waals surface area contributed by atoms with Gasteiger partial charge in [-0.2, -0.15) is 0 Å². The molecule has 0 radical (unpaired) electrons. The zero-order valence-corrected chi connectivity index (χ0v) is 4.40. The van der Waals surface area contributed by atoms with E-state index in [0.717, 1.165) is 12.7 Å². The van der Waals surface area contributed by atoms with Gasteiger partial charge in [-0.3, -0.25) is 0 Å². The van der Waals surface area contributed by atoms with E-state index >= 15 is 0 Å². The summed E-state index contributed by atoms with van der Waals surface area (Å²) in [5.41, 5.74) is 0. The van der Waals surface area contributed by atoms with Crippen molar-refractivity contribution < 1.29 is 4.79 Å². The van der Waals surface area contributed by atoms with Gasteiger partial charge in [0.1, 0.15) is 6.29 Å². The molecule has 0 spiro atoms. The molecular formula is C4H7ClO. The zero-order valence-electron chi connectivity index (χ0n) is 3.65. The normalized spacial score (nSPS) is 13.7. The minimum absolute atomic E-state index is 0.273. The number of halogens is 1. The highest BCUT2D eigenvalue weighted by Gasteiger charge is 1.92. The second kappa shape index (κ2) is 3.16. The van der Waals surface area contributed by atoms with Gasteiger partial charge in [0.2, 0.25) is 0 Å². The standard InChI is InChI=1S/C4H7ClO/c1-2-4(5)3-6/h3-4H,2H2,1H3/t4-/m1/s1. The van der Waals surface area contributed by atoms with E-state index in [1.165, 1.54) is 0 Å². The number of carbonyl (C=O) groups is 1. The summed E-state index contributed by atoms with van der Waals surface area (Å²) in [7, 11) is 0. The van der Waals surface area contributed by atoms with E-state index in [0.29, 0.717) is 0 Å². The summed E-state index contributed by atoms with van der Waals surface area (Å²) < 4.78 is 0. The van der Waals surface area contributed by atoms with E-state index in [4.69, 9.17) is 11.6 Å². The molecule has 0 amide bonds. The van der Waals surface area contributed by atoms with Crippen LogP contribution in [0, 0.1) is 0 Å². The molecule has 0 aromatic heterocycles. The Morgan fingerprint density at radius 2 is 2.50 bits per heavy atom. The van der Waals surface area contributed by atoms with Gasteiger partial charge in [0.05, 0.1) is 5.38 Å². The Balaban J connectivity index is 2.96. The highest BCUT2D eigenvalue weighted by molar-refractivity contribution is 6.27. The first-order chi connectivity index (χ1) is 2.81. The van der Waals surface area contributed by atoms with Crippen LogP contribution < -0.4 is 0 Å². The van der Waals surface area contributed by atoms with Crippen molar-refractivity contribution in [2.75, 3.05) is 0 Å². The highest BCUT2D eigenvalue weighted by Crippen LogP contribution is 1.93. The maximum absolute atomic E-state index is 9.60. The quantitative estimate of drug-likeness (QED) is 0.382. The van der Waals surface area contributed by atoms with E-state index < -0.39 is 0 Å². The lowest BCUT2D eigenvalue weighted by Gasteiger charge is -1.86. The molecule has 0 aromatic rings. The van der Waals surface area contributed by atoms with Crippen LogP contribution >= 0.6 is 11.6 Å². The highest BCUT2D eigenvalue weighted by atomic mass is 35.5. The van der Waals surface area contributed by atoms with Crippen LogP contribution in [0.25, 0.3) is 0 Å². The maximum Gasteiger partial charge on any atom is 0.137 e. The van der Waals surface area contributed by atoms with Crippen LogP contribution in [0.4, 0.5) is 0 Å². The summed E-state index contributed by atoms with van der Waals surface area (Å²) in [6.45, 7) is 1.87. The molecule has 0 N–H and O–H groups in total. The Morgan fingerprint density at radius 1 is 2.00 bits per heavy atom. The lowest BCUT2D eigenvalue weighted by Crippen LogP contribution is -1.94. The average Bonchev–Trinajstić information content (AvgIpc) is 1.65. The smallest absolute Gasteiger partial charge is 0.137 e. The van der Waals surface area contributed by atoms with E-state index in [1.54, 1.807) is 0 Å². The second-order valence-electron chi connectivity index (χ2n) is 1.06. The Labute approximate surface area is 42.3 Å². The van der Waals surface area contributed by atoms with Crippen molar-refractivity contribution in [3.63, 3.8) is 0 Å². The summed E-state index contributed by atoms with van der Waals surface area (Å²) in [4.78, 5) is 9.60. The number of hydrogen-bond acceptors (Lipinski definition) is 1. The van der Waals surface area contributed by atoms with E-state index in [9.17, 15) is 4.79 Å². The third kappa shape index (κ3) is 2.21. The van der Waals surface area contributed by atoms with Gasteiger partial charge in [-0.1, -0.05) is 6.92 Å². The predicted molar refractivity (Wildman–Crippen MR) is 26.0 cm³/mol. The molecule has 0 aliphatic carbocycles. The van der Waals surface area contributed by atoms with Crippen molar-refractivity contribution in [2.24, 2.45) is 0 Å². The summed E-state index contributed by atoms with van der Waals surface area (Å²) in [6.07, 6.45) is 1.46. The average molecular weight is 107 g/mol. The minimum atomic E-state index is -0.273. The van der Waals surface area contributed by atoms with Gasteiger partial charge in [0, 0.05) is 0 Å². The van der Waals surface area contributed by atoms with Crippen molar-refractivity contribution in [3.8, 4) is 0 Å². The van der Waals surface area contributed by atoms with Crippen LogP contribution in [0.3, 0.4) is 0 Å². The molecule has 0 fully saturated rings. The van der Waals surface area contributed by atoms with E-state index in [2.05, 4.69) is 0 Å². The van der Waals surface area contributed by atoms with Gasteiger partial charge < -0.3 is 4.79 Å². The fraction of sp³-hybridized carbons (Fsp3) is 0.750. The van der Waals surface area contributed by atoms with Crippen LogP contribution in [0.5, 0.6) is 0 Å². The summed E-state index contributed by atoms with van der Waals surface area (Å²) in [5, 5.41) is -0.273. The first-order valence-corrected chi connectivity index (χ1v) is 2.34. The van der Waals surface area contributed by atoms with Gasteiger partial charge in [-0.25, -0.2) is 0 Å². The van der Waals surface area contributed by atoms with Gasteiger partial charge in [-0.15, -0.1) is 11.6 Å². The Hall–Kier alpha value is -0.0400.